The van der Waals surface area contributed by atoms with Gasteiger partial charge < -0.3 is 9.88 Å². The lowest BCUT2D eigenvalue weighted by Gasteiger charge is -2.12. The molecule has 2 N–H and O–H groups in total. The third kappa shape index (κ3) is 7.84. The summed E-state index contributed by atoms with van der Waals surface area (Å²) in [6.45, 7) is 8.56. The molecule has 0 bridgehead atoms. The first-order chi connectivity index (χ1) is 16.5. The smallest absolute Gasteiger partial charge is 0.253 e. The van der Waals surface area contributed by atoms with Crippen LogP contribution in [0.5, 0.6) is 0 Å². The van der Waals surface area contributed by atoms with Gasteiger partial charge in [0.2, 0.25) is 0 Å². The van der Waals surface area contributed by atoms with Crippen LogP contribution in [-0.2, 0) is 17.9 Å². The predicted molar refractivity (Wildman–Crippen MR) is 149 cm³/mol. The summed E-state index contributed by atoms with van der Waals surface area (Å²) in [5.41, 5.74) is 5.41. The zero-order valence-corrected chi connectivity index (χ0v) is 22.1. The maximum absolute atomic E-state index is 12.6. The first-order valence-electron chi connectivity index (χ1n) is 10.7. The van der Waals surface area contributed by atoms with Gasteiger partial charge in [-0.05, 0) is 72.3 Å². The summed E-state index contributed by atoms with van der Waals surface area (Å²) in [4.78, 5) is 12.6. The molecule has 1 aromatic heterocycles. The Labute approximate surface area is 218 Å². The molecule has 0 aliphatic rings. The molecule has 3 aromatic rings. The number of aromatic nitrogens is 3. The van der Waals surface area contributed by atoms with Gasteiger partial charge in [0.25, 0.3) is 5.91 Å². The number of nitrogens with zero attached hydrogens (tertiary/aromatic N) is 4. The van der Waals surface area contributed by atoms with Crippen molar-refractivity contribution >= 4 is 57.7 Å². The normalized spacial score (nSPS) is 12.5. The number of amides is 1. The van der Waals surface area contributed by atoms with Crippen LogP contribution in [0.4, 0.5) is 5.69 Å². The zero-order chi connectivity index (χ0) is 24.3. The van der Waals surface area contributed by atoms with Gasteiger partial charge >= 0.3 is 0 Å². The highest BCUT2D eigenvalue weighted by Crippen LogP contribution is 2.23. The lowest BCUT2D eigenvalue weighted by molar-refractivity contribution is -0.120. The molecular weight excluding hydrogens is 559 g/mol. The fraction of sp³-hybridized carbons (Fsp3) is 0.200. The second-order valence-corrected chi connectivity index (χ2v) is 9.95. The Bertz CT molecular complexity index is 1160. The Kier molecular flexibility index (Phi) is 9.89. The van der Waals surface area contributed by atoms with E-state index in [2.05, 4.69) is 55.2 Å². The van der Waals surface area contributed by atoms with Gasteiger partial charge in [0.15, 0.2) is 11.0 Å². The standard InChI is InChI=1S/C25H27IN6OS/c1-4-16-32-23(17-27-22-14-12-21(26)13-15-22)29-31-25(32)34-19(3)24(33)30-28-18(2)10-11-20-8-6-5-7-9-20/h4-15,19,27H,1,16-17H2,2-3H3,(H,30,33)/b11-10+,28-18+/t19-/m1/s1. The van der Waals surface area contributed by atoms with E-state index < -0.39 is 5.25 Å². The summed E-state index contributed by atoms with van der Waals surface area (Å²) in [7, 11) is 0. The van der Waals surface area contributed by atoms with Crippen LogP contribution in [0.25, 0.3) is 6.08 Å². The number of halogens is 1. The molecule has 0 saturated carbocycles. The number of carbonyl (C=O) groups is 1. The fourth-order valence-electron chi connectivity index (χ4n) is 2.86. The molecule has 0 aliphatic heterocycles. The first-order valence-corrected chi connectivity index (χ1v) is 12.7. The van der Waals surface area contributed by atoms with Crippen LogP contribution in [0, 0.1) is 3.57 Å². The zero-order valence-electron chi connectivity index (χ0n) is 19.1. The highest BCUT2D eigenvalue weighted by molar-refractivity contribution is 14.1. The third-order valence-corrected chi connectivity index (χ3v) is 6.51. The van der Waals surface area contributed by atoms with Crippen molar-refractivity contribution in [3.05, 3.63) is 88.3 Å². The fourth-order valence-corrected chi connectivity index (χ4v) is 4.09. The van der Waals surface area contributed by atoms with Crippen LogP contribution in [-0.4, -0.2) is 31.6 Å². The minimum absolute atomic E-state index is 0.204. The van der Waals surface area contributed by atoms with Crippen molar-refractivity contribution in [3.63, 3.8) is 0 Å². The molecule has 1 atom stereocenters. The van der Waals surface area contributed by atoms with Gasteiger partial charge in [0.05, 0.1) is 17.5 Å². The number of hydrogen-bond donors (Lipinski definition) is 2. The molecule has 0 fully saturated rings. The van der Waals surface area contributed by atoms with Gasteiger partial charge in [-0.1, -0.05) is 54.2 Å². The minimum Gasteiger partial charge on any atom is -0.378 e. The van der Waals surface area contributed by atoms with E-state index in [1.807, 2.05) is 85.2 Å². The minimum atomic E-state index is -0.403. The molecular formula is C25H27IN6OS. The SMILES string of the molecule is C=CCn1c(CNc2ccc(I)cc2)nnc1S[C@H](C)C(=O)N/N=C(C)/C=C/c1ccccc1. The van der Waals surface area contributed by atoms with Crippen molar-refractivity contribution in [3.8, 4) is 0 Å². The summed E-state index contributed by atoms with van der Waals surface area (Å²) in [6, 6.07) is 18.1. The van der Waals surface area contributed by atoms with Gasteiger partial charge in [-0.25, -0.2) is 5.43 Å². The van der Waals surface area contributed by atoms with Crippen molar-refractivity contribution in [1.82, 2.24) is 20.2 Å². The number of hydrogen-bond acceptors (Lipinski definition) is 6. The second-order valence-electron chi connectivity index (χ2n) is 7.39. The number of anilines is 1. The van der Waals surface area contributed by atoms with Crippen LogP contribution < -0.4 is 10.7 Å². The molecule has 3 rings (SSSR count). The van der Waals surface area contributed by atoms with Gasteiger partial charge in [0.1, 0.15) is 0 Å². The van der Waals surface area contributed by atoms with Crippen LogP contribution >= 0.6 is 34.4 Å². The summed E-state index contributed by atoms with van der Waals surface area (Å²) < 4.78 is 3.13. The van der Waals surface area contributed by atoms with Crippen LogP contribution in [0.2, 0.25) is 0 Å². The van der Waals surface area contributed by atoms with Crippen LogP contribution in [0.15, 0.2) is 83.6 Å². The highest BCUT2D eigenvalue weighted by Gasteiger charge is 2.19. The lowest BCUT2D eigenvalue weighted by Crippen LogP contribution is -2.27. The van der Waals surface area contributed by atoms with E-state index in [-0.39, 0.29) is 5.91 Å². The average Bonchev–Trinajstić information content (AvgIpc) is 3.22. The average molecular weight is 587 g/mol. The number of hydrazone groups is 1. The van der Waals surface area contributed by atoms with Gasteiger partial charge in [0, 0.05) is 15.8 Å². The number of allylic oxidation sites excluding steroid dienone is 2. The molecule has 34 heavy (non-hydrogen) atoms. The molecule has 176 valence electrons. The maximum Gasteiger partial charge on any atom is 0.253 e. The number of thioether (sulfide) groups is 1. The van der Waals surface area contributed by atoms with Crippen molar-refractivity contribution in [1.29, 1.82) is 0 Å². The Morgan fingerprint density at radius 2 is 1.94 bits per heavy atom. The van der Waals surface area contributed by atoms with Crippen molar-refractivity contribution in [2.75, 3.05) is 5.32 Å². The molecule has 0 aliphatic carbocycles. The lowest BCUT2D eigenvalue weighted by atomic mass is 10.2. The maximum atomic E-state index is 12.6. The van der Waals surface area contributed by atoms with E-state index in [1.54, 1.807) is 6.08 Å². The van der Waals surface area contributed by atoms with Gasteiger partial charge in [-0.2, -0.15) is 5.10 Å². The molecule has 0 unspecified atom stereocenters. The molecule has 9 heteroatoms. The van der Waals surface area contributed by atoms with Crippen molar-refractivity contribution < 1.29 is 4.79 Å². The molecule has 0 radical (unpaired) electrons. The first kappa shape index (κ1) is 25.7. The number of nitrogens with one attached hydrogen (secondary N) is 2. The summed E-state index contributed by atoms with van der Waals surface area (Å²) in [6.07, 6.45) is 5.60. The Morgan fingerprint density at radius 1 is 1.21 bits per heavy atom. The van der Waals surface area contributed by atoms with Crippen LogP contribution in [0.1, 0.15) is 25.2 Å². The van der Waals surface area contributed by atoms with E-state index in [9.17, 15) is 4.79 Å². The third-order valence-electron chi connectivity index (χ3n) is 4.71. The second kappa shape index (κ2) is 13.1. The summed E-state index contributed by atoms with van der Waals surface area (Å²) in [5, 5.41) is 16.4. The van der Waals surface area contributed by atoms with Crippen molar-refractivity contribution in [2.24, 2.45) is 5.10 Å². The van der Waals surface area contributed by atoms with Crippen molar-refractivity contribution in [2.45, 2.75) is 37.3 Å². The van der Waals surface area contributed by atoms with Gasteiger partial charge in [-0.15, -0.1) is 16.8 Å². The van der Waals surface area contributed by atoms with Crippen LogP contribution in [0.3, 0.4) is 0 Å². The molecule has 1 amide bonds. The Hall–Kier alpha value is -2.92. The largest absolute Gasteiger partial charge is 0.378 e. The summed E-state index contributed by atoms with van der Waals surface area (Å²) >= 11 is 3.61. The molecule has 0 spiro atoms. The van der Waals surface area contributed by atoms with E-state index in [4.69, 9.17) is 0 Å². The number of rotatable bonds is 11. The predicted octanol–water partition coefficient (Wildman–Crippen LogP) is 5.37. The van der Waals surface area contributed by atoms with E-state index in [0.717, 1.165) is 17.1 Å². The molecule has 2 aromatic carbocycles. The van der Waals surface area contributed by atoms with E-state index in [1.165, 1.54) is 15.3 Å². The van der Waals surface area contributed by atoms with E-state index >= 15 is 0 Å². The topological polar surface area (TPSA) is 84.2 Å². The number of benzene rings is 2. The highest BCUT2D eigenvalue weighted by atomic mass is 127. The molecule has 7 nitrogen and oxygen atoms in total. The Balaban J connectivity index is 1.58. The molecule has 1 heterocycles. The summed E-state index contributed by atoms with van der Waals surface area (Å²) in [5.74, 6) is 0.567. The number of carbonyl (C=O) groups excluding carboxylic acids is 1. The monoisotopic (exact) mass is 586 g/mol. The van der Waals surface area contributed by atoms with Gasteiger partial charge in [-0.3, -0.25) is 4.79 Å². The van der Waals surface area contributed by atoms with E-state index in [0.29, 0.717) is 24.0 Å². The Morgan fingerprint density at radius 3 is 2.65 bits per heavy atom. The quantitative estimate of drug-likeness (QED) is 0.104. The molecule has 0 saturated heterocycles.